The molecule has 0 radical (unpaired) electrons. The van der Waals surface area contributed by atoms with Crippen LogP contribution in [0, 0.1) is 5.82 Å². The van der Waals surface area contributed by atoms with Gasteiger partial charge in [-0.25, -0.2) is 12.8 Å². The molecule has 3 rings (SSSR count). The van der Waals surface area contributed by atoms with Crippen LogP contribution in [0.1, 0.15) is 6.42 Å². The molecule has 2 aromatic carbocycles. The number of hydrogen-bond donors (Lipinski definition) is 1. The van der Waals surface area contributed by atoms with Gasteiger partial charge in [0, 0.05) is 23.7 Å². The van der Waals surface area contributed by atoms with E-state index in [-0.39, 0.29) is 29.4 Å². The molecule has 1 heterocycles. The lowest BCUT2D eigenvalue weighted by atomic mass is 10.2. The lowest BCUT2D eigenvalue weighted by molar-refractivity contribution is -0.122. The zero-order chi connectivity index (χ0) is 19.8. The van der Waals surface area contributed by atoms with E-state index in [1.54, 1.807) is 6.07 Å². The molecule has 27 heavy (non-hydrogen) atoms. The summed E-state index contributed by atoms with van der Waals surface area (Å²) >= 11 is 11.7. The van der Waals surface area contributed by atoms with Crippen LogP contribution in [-0.2, 0) is 14.8 Å². The van der Waals surface area contributed by atoms with Gasteiger partial charge in [-0.2, -0.15) is 0 Å². The third-order valence-corrected chi connectivity index (χ3v) is 5.64. The summed E-state index contributed by atoms with van der Waals surface area (Å²) in [6.07, 6.45) is 0.221. The number of hydrogen-bond acceptors (Lipinski definition) is 4. The van der Waals surface area contributed by atoms with Gasteiger partial charge in [0.05, 0.1) is 17.0 Å². The minimum atomic E-state index is -3.59. The summed E-state index contributed by atoms with van der Waals surface area (Å²) in [5, 5.41) is 2.81. The number of halogens is 3. The van der Waals surface area contributed by atoms with Crippen LogP contribution in [0.25, 0.3) is 0 Å². The molecule has 6 nitrogen and oxygen atoms in total. The summed E-state index contributed by atoms with van der Waals surface area (Å²) in [5.41, 5.74) is 0.570. The highest BCUT2D eigenvalue weighted by Gasteiger charge is 2.31. The number of rotatable bonds is 3. The van der Waals surface area contributed by atoms with Crippen molar-refractivity contribution in [3.8, 4) is 5.75 Å². The summed E-state index contributed by atoms with van der Waals surface area (Å²) < 4.78 is 44.4. The number of carbonyl (C=O) groups excluding carboxylic acids is 1. The number of fused-ring (bicyclic) bond motifs is 1. The highest BCUT2D eigenvalue weighted by Crippen LogP contribution is 2.36. The van der Waals surface area contributed by atoms with Crippen molar-refractivity contribution in [2.24, 2.45) is 0 Å². The van der Waals surface area contributed by atoms with Gasteiger partial charge in [0.1, 0.15) is 11.6 Å². The van der Waals surface area contributed by atoms with E-state index < -0.39 is 27.9 Å². The molecular formula is C17H15Cl2FN2O4S. The second-order valence-electron chi connectivity index (χ2n) is 5.96. The number of benzene rings is 2. The molecule has 2 aromatic rings. The van der Waals surface area contributed by atoms with Crippen LogP contribution in [0.3, 0.4) is 0 Å². The van der Waals surface area contributed by atoms with Gasteiger partial charge in [-0.3, -0.25) is 9.10 Å². The first kappa shape index (κ1) is 19.7. The van der Waals surface area contributed by atoms with E-state index in [2.05, 4.69) is 5.32 Å². The van der Waals surface area contributed by atoms with Gasteiger partial charge in [-0.05, 0) is 36.4 Å². The van der Waals surface area contributed by atoms with E-state index in [1.807, 2.05) is 0 Å². The van der Waals surface area contributed by atoms with E-state index in [1.165, 1.54) is 24.3 Å². The standard InChI is InChI=1S/C17H15Cl2FN2O4S/c1-27(24,25)22-7-6-16(26-15-5-2-10(18)8-14(15)22)17(23)21-11-3-4-13(20)12(19)9-11/h2-5,8-9,16H,6-7H2,1H3,(H,21,23)/t16-/m1/s1. The van der Waals surface area contributed by atoms with Crippen LogP contribution in [0.4, 0.5) is 15.8 Å². The van der Waals surface area contributed by atoms with Gasteiger partial charge in [-0.1, -0.05) is 23.2 Å². The van der Waals surface area contributed by atoms with Crippen LogP contribution in [-0.4, -0.2) is 33.2 Å². The normalized spacial score (nSPS) is 16.9. The molecule has 0 unspecified atom stereocenters. The number of nitrogens with one attached hydrogen (secondary N) is 1. The van der Waals surface area contributed by atoms with Crippen LogP contribution in [0.5, 0.6) is 5.75 Å². The van der Waals surface area contributed by atoms with Crippen molar-refractivity contribution < 1.29 is 22.3 Å². The third kappa shape index (κ3) is 4.45. The number of anilines is 2. The third-order valence-electron chi connectivity index (χ3n) is 3.93. The topological polar surface area (TPSA) is 75.7 Å². The maximum Gasteiger partial charge on any atom is 0.265 e. The first-order valence-electron chi connectivity index (χ1n) is 7.85. The molecule has 0 aromatic heterocycles. The van der Waals surface area contributed by atoms with Gasteiger partial charge in [0.2, 0.25) is 10.0 Å². The molecular weight excluding hydrogens is 418 g/mol. The largest absolute Gasteiger partial charge is 0.478 e. The summed E-state index contributed by atoms with van der Waals surface area (Å²) in [5.74, 6) is -0.886. The van der Waals surface area contributed by atoms with Crippen molar-refractivity contribution >= 4 is 50.5 Å². The Hall–Kier alpha value is -2.03. The Labute approximate surface area is 165 Å². The smallest absolute Gasteiger partial charge is 0.265 e. The maximum absolute atomic E-state index is 13.3. The Balaban J connectivity index is 1.87. The first-order valence-corrected chi connectivity index (χ1v) is 10.5. The summed E-state index contributed by atoms with van der Waals surface area (Å²) in [7, 11) is -3.59. The Bertz CT molecular complexity index is 1000. The van der Waals surface area contributed by atoms with E-state index >= 15 is 0 Å². The molecule has 1 amide bonds. The molecule has 1 atom stereocenters. The van der Waals surface area contributed by atoms with E-state index in [4.69, 9.17) is 27.9 Å². The molecule has 10 heteroatoms. The summed E-state index contributed by atoms with van der Waals surface area (Å²) in [6.45, 7) is 0.0361. The lowest BCUT2D eigenvalue weighted by Gasteiger charge is -2.21. The molecule has 1 N–H and O–H groups in total. The second kappa shape index (κ2) is 7.53. The van der Waals surface area contributed by atoms with E-state index in [0.717, 1.165) is 16.6 Å². The molecule has 0 bridgehead atoms. The predicted molar refractivity (Wildman–Crippen MR) is 103 cm³/mol. The first-order chi connectivity index (χ1) is 12.6. The van der Waals surface area contributed by atoms with Crippen LogP contribution < -0.4 is 14.4 Å². The van der Waals surface area contributed by atoms with Crippen molar-refractivity contribution in [1.82, 2.24) is 0 Å². The van der Waals surface area contributed by atoms with Gasteiger partial charge in [0.15, 0.2) is 6.10 Å². The Morgan fingerprint density at radius 3 is 2.67 bits per heavy atom. The maximum atomic E-state index is 13.3. The fourth-order valence-corrected chi connectivity index (χ4v) is 3.96. The van der Waals surface area contributed by atoms with Gasteiger partial charge < -0.3 is 10.1 Å². The monoisotopic (exact) mass is 432 g/mol. The SMILES string of the molecule is CS(=O)(=O)N1CC[C@H](C(=O)Nc2ccc(F)c(Cl)c2)Oc2ccc(Cl)cc21. The Kier molecular flexibility index (Phi) is 5.50. The fourth-order valence-electron chi connectivity index (χ4n) is 2.68. The summed E-state index contributed by atoms with van der Waals surface area (Å²) in [6, 6.07) is 8.30. The van der Waals surface area contributed by atoms with Crippen LogP contribution in [0.15, 0.2) is 36.4 Å². The zero-order valence-corrected chi connectivity index (χ0v) is 16.4. The molecule has 0 fully saturated rings. The van der Waals surface area contributed by atoms with Crippen molar-refractivity contribution in [3.63, 3.8) is 0 Å². The molecule has 0 saturated carbocycles. The number of ether oxygens (including phenoxy) is 1. The minimum absolute atomic E-state index is 0.0361. The number of nitrogens with zero attached hydrogens (tertiary/aromatic N) is 1. The van der Waals surface area contributed by atoms with E-state index in [0.29, 0.717) is 10.7 Å². The number of amides is 1. The van der Waals surface area contributed by atoms with Gasteiger partial charge in [0.25, 0.3) is 5.91 Å². The minimum Gasteiger partial charge on any atom is -0.478 e. The average molecular weight is 433 g/mol. The van der Waals surface area contributed by atoms with Crippen molar-refractivity contribution in [1.29, 1.82) is 0 Å². The van der Waals surface area contributed by atoms with Gasteiger partial charge >= 0.3 is 0 Å². The van der Waals surface area contributed by atoms with E-state index in [9.17, 15) is 17.6 Å². The molecule has 0 saturated heterocycles. The quantitative estimate of drug-likeness (QED) is 0.802. The van der Waals surface area contributed by atoms with Crippen molar-refractivity contribution in [2.75, 3.05) is 22.4 Å². The van der Waals surface area contributed by atoms with Gasteiger partial charge in [-0.15, -0.1) is 0 Å². The number of carbonyl (C=O) groups is 1. The van der Waals surface area contributed by atoms with Crippen LogP contribution >= 0.6 is 23.2 Å². The predicted octanol–water partition coefficient (Wildman–Crippen LogP) is 3.69. The fraction of sp³-hybridized carbons (Fsp3) is 0.235. The lowest BCUT2D eigenvalue weighted by Crippen LogP contribution is -2.36. The highest BCUT2D eigenvalue weighted by atomic mass is 35.5. The Morgan fingerprint density at radius 2 is 2.00 bits per heavy atom. The molecule has 144 valence electrons. The Morgan fingerprint density at radius 1 is 1.26 bits per heavy atom. The van der Waals surface area contributed by atoms with Crippen molar-refractivity contribution in [3.05, 3.63) is 52.3 Å². The average Bonchev–Trinajstić information content (AvgIpc) is 2.77. The zero-order valence-electron chi connectivity index (χ0n) is 14.1. The van der Waals surface area contributed by atoms with Crippen molar-refractivity contribution in [2.45, 2.75) is 12.5 Å². The highest BCUT2D eigenvalue weighted by molar-refractivity contribution is 7.92. The summed E-state index contributed by atoms with van der Waals surface area (Å²) in [4.78, 5) is 12.6. The molecule has 1 aliphatic rings. The van der Waals surface area contributed by atoms with Crippen LogP contribution in [0.2, 0.25) is 10.0 Å². The molecule has 0 spiro atoms. The molecule has 1 aliphatic heterocycles. The second-order valence-corrected chi connectivity index (χ2v) is 8.71. The molecule has 0 aliphatic carbocycles. The number of sulfonamides is 1.